The lowest BCUT2D eigenvalue weighted by atomic mass is 9.65. The van der Waals surface area contributed by atoms with Crippen molar-refractivity contribution in [3.8, 4) is 0 Å². The van der Waals surface area contributed by atoms with Gasteiger partial charge in [-0.25, -0.2) is 0 Å². The number of aliphatic hydroxyl groups excluding tert-OH is 1. The average molecular weight is 450 g/mol. The van der Waals surface area contributed by atoms with Crippen molar-refractivity contribution in [2.24, 2.45) is 11.8 Å². The van der Waals surface area contributed by atoms with Crippen molar-refractivity contribution in [3.63, 3.8) is 0 Å². The fourth-order valence-corrected chi connectivity index (χ4v) is 5.92. The predicted octanol–water partition coefficient (Wildman–Crippen LogP) is 1.56. The Morgan fingerprint density at radius 2 is 1.97 bits per heavy atom. The monoisotopic (exact) mass is 449 g/mol. The van der Waals surface area contributed by atoms with E-state index in [2.05, 4.69) is 10.6 Å². The third-order valence-corrected chi connectivity index (χ3v) is 7.38. The summed E-state index contributed by atoms with van der Waals surface area (Å²) in [7, 11) is 1.55. The predicted molar refractivity (Wildman–Crippen MR) is 114 cm³/mol. The van der Waals surface area contributed by atoms with Crippen LogP contribution in [-0.4, -0.2) is 65.2 Å². The molecule has 2 unspecified atom stereocenters. The van der Waals surface area contributed by atoms with Gasteiger partial charge in [0.1, 0.15) is 11.6 Å². The van der Waals surface area contributed by atoms with Crippen molar-refractivity contribution >= 4 is 35.0 Å². The smallest absolute Gasteiger partial charge is 0.250 e. The van der Waals surface area contributed by atoms with Crippen LogP contribution in [0.1, 0.15) is 32.6 Å². The Morgan fingerprint density at radius 1 is 1.26 bits per heavy atom. The summed E-state index contributed by atoms with van der Waals surface area (Å²) in [6.45, 7) is 2.06. The zero-order chi connectivity index (χ0) is 22.4. The van der Waals surface area contributed by atoms with Crippen LogP contribution in [-0.2, 0) is 19.1 Å². The molecular weight excluding hydrogens is 422 g/mol. The molecule has 3 N–H and O–H groups in total. The molecular formula is C22H28ClN3O5. The van der Waals surface area contributed by atoms with E-state index in [0.717, 1.165) is 0 Å². The minimum Gasteiger partial charge on any atom is -0.396 e. The number of likely N-dealkylation sites (tertiary alicyclic amines) is 1. The van der Waals surface area contributed by atoms with Crippen molar-refractivity contribution < 1.29 is 24.2 Å². The summed E-state index contributed by atoms with van der Waals surface area (Å²) in [4.78, 5) is 41.4. The van der Waals surface area contributed by atoms with Crippen molar-refractivity contribution in [2.75, 3.05) is 25.5 Å². The van der Waals surface area contributed by atoms with E-state index in [1.165, 1.54) is 4.90 Å². The minimum atomic E-state index is -1.06. The largest absolute Gasteiger partial charge is 0.396 e. The molecule has 1 aromatic rings. The molecule has 0 saturated carbocycles. The van der Waals surface area contributed by atoms with Crippen LogP contribution in [0, 0.1) is 11.8 Å². The van der Waals surface area contributed by atoms with Crippen molar-refractivity contribution in [1.29, 1.82) is 0 Å². The topological polar surface area (TPSA) is 108 Å². The second-order valence-corrected chi connectivity index (χ2v) is 8.99. The van der Waals surface area contributed by atoms with E-state index in [1.54, 1.807) is 31.3 Å². The molecule has 0 aliphatic carbocycles. The molecule has 4 rings (SSSR count). The highest BCUT2D eigenvalue weighted by Crippen LogP contribution is 2.64. The number of hydrogen-bond acceptors (Lipinski definition) is 5. The highest BCUT2D eigenvalue weighted by Gasteiger charge is 2.78. The van der Waals surface area contributed by atoms with E-state index in [-0.39, 0.29) is 30.9 Å². The summed E-state index contributed by atoms with van der Waals surface area (Å²) in [5.41, 5.74) is -1.25. The highest BCUT2D eigenvalue weighted by molar-refractivity contribution is 6.30. The molecule has 3 saturated heterocycles. The van der Waals surface area contributed by atoms with Gasteiger partial charge in [-0.3, -0.25) is 14.4 Å². The number of nitrogens with zero attached hydrogens (tertiary/aromatic N) is 1. The first-order valence-electron chi connectivity index (χ1n) is 10.7. The number of hydrogen-bond donors (Lipinski definition) is 3. The molecule has 3 heterocycles. The first-order valence-corrected chi connectivity index (χ1v) is 11.1. The summed E-state index contributed by atoms with van der Waals surface area (Å²) in [5, 5.41) is 15.5. The zero-order valence-corrected chi connectivity index (χ0v) is 18.4. The lowest BCUT2D eigenvalue weighted by Crippen LogP contribution is -2.53. The molecule has 2 bridgehead atoms. The molecule has 1 spiro atoms. The number of halogens is 1. The van der Waals surface area contributed by atoms with Crippen LogP contribution in [0.2, 0.25) is 5.02 Å². The van der Waals surface area contributed by atoms with Crippen LogP contribution in [0.25, 0.3) is 0 Å². The summed E-state index contributed by atoms with van der Waals surface area (Å²) >= 11 is 5.94. The fourth-order valence-electron chi connectivity index (χ4n) is 5.80. The van der Waals surface area contributed by atoms with Gasteiger partial charge in [0, 0.05) is 30.9 Å². The van der Waals surface area contributed by atoms with Gasteiger partial charge in [0.15, 0.2) is 0 Å². The molecule has 1 aromatic carbocycles. The third-order valence-electron chi connectivity index (χ3n) is 7.13. The van der Waals surface area contributed by atoms with Crippen molar-refractivity contribution in [3.05, 3.63) is 29.3 Å². The number of benzene rings is 1. The molecule has 3 fully saturated rings. The summed E-state index contributed by atoms with van der Waals surface area (Å²) in [6, 6.07) is 5.85. The number of fused-ring (bicyclic) bond motifs is 1. The first-order chi connectivity index (χ1) is 14.8. The van der Waals surface area contributed by atoms with Gasteiger partial charge in [0.25, 0.3) is 0 Å². The first kappa shape index (κ1) is 22.0. The zero-order valence-electron chi connectivity index (χ0n) is 17.7. The number of ether oxygens (including phenoxy) is 1. The van der Waals surface area contributed by atoms with E-state index < -0.39 is 29.1 Å². The van der Waals surface area contributed by atoms with Gasteiger partial charge in [-0.1, -0.05) is 18.5 Å². The SMILES string of the molecule is CC[C@]12CCC3(O1)C(C(=O)Nc1ccc(Cl)cc1)N(CCCO)C(=O)[C@@H]3[C@H]2C(=O)NC. The Kier molecular flexibility index (Phi) is 5.74. The number of carbonyl (C=O) groups excluding carboxylic acids is 3. The summed E-state index contributed by atoms with van der Waals surface area (Å²) in [5.74, 6) is -2.22. The van der Waals surface area contributed by atoms with Crippen molar-refractivity contribution in [2.45, 2.75) is 49.9 Å². The minimum absolute atomic E-state index is 0.106. The normalized spacial score (nSPS) is 33.5. The van der Waals surface area contributed by atoms with E-state index in [4.69, 9.17) is 16.3 Å². The quantitative estimate of drug-likeness (QED) is 0.585. The number of aliphatic hydroxyl groups is 1. The fraction of sp³-hybridized carbons (Fsp3) is 0.591. The molecule has 3 aliphatic rings. The highest BCUT2D eigenvalue weighted by atomic mass is 35.5. The lowest BCUT2D eigenvalue weighted by Gasteiger charge is -2.33. The second kappa shape index (κ2) is 8.07. The van der Waals surface area contributed by atoms with Gasteiger partial charge < -0.3 is 25.4 Å². The average Bonchev–Trinajstić information content (AvgIpc) is 3.37. The number of amides is 3. The molecule has 3 amide bonds. The summed E-state index contributed by atoms with van der Waals surface area (Å²) in [6.07, 6.45) is 2.06. The maximum absolute atomic E-state index is 13.6. The lowest BCUT2D eigenvalue weighted by molar-refractivity contribution is -0.146. The van der Waals surface area contributed by atoms with Crippen LogP contribution >= 0.6 is 11.6 Å². The Balaban J connectivity index is 1.73. The molecule has 8 nitrogen and oxygen atoms in total. The van der Waals surface area contributed by atoms with E-state index in [1.807, 2.05) is 6.92 Å². The van der Waals surface area contributed by atoms with Gasteiger partial charge in [-0.15, -0.1) is 0 Å². The van der Waals surface area contributed by atoms with E-state index >= 15 is 0 Å². The molecule has 5 atom stereocenters. The number of anilines is 1. The maximum atomic E-state index is 13.6. The number of rotatable bonds is 7. The van der Waals surface area contributed by atoms with E-state index in [9.17, 15) is 19.5 Å². The Bertz CT molecular complexity index is 894. The van der Waals surface area contributed by atoms with Crippen molar-refractivity contribution in [1.82, 2.24) is 10.2 Å². The van der Waals surface area contributed by atoms with Crippen LogP contribution < -0.4 is 10.6 Å². The van der Waals surface area contributed by atoms with Crippen LogP contribution in [0.4, 0.5) is 5.69 Å². The third kappa shape index (κ3) is 3.23. The molecule has 3 aliphatic heterocycles. The molecule has 9 heteroatoms. The van der Waals surface area contributed by atoms with Gasteiger partial charge in [0.2, 0.25) is 17.7 Å². The number of nitrogens with one attached hydrogen (secondary N) is 2. The van der Waals surface area contributed by atoms with Crippen LogP contribution in [0.15, 0.2) is 24.3 Å². The maximum Gasteiger partial charge on any atom is 0.250 e. The Labute approximate surface area is 186 Å². The Hall–Kier alpha value is -2.16. The molecule has 0 radical (unpaired) electrons. The van der Waals surface area contributed by atoms with Gasteiger partial charge >= 0.3 is 0 Å². The van der Waals surface area contributed by atoms with Gasteiger partial charge in [-0.2, -0.15) is 0 Å². The van der Waals surface area contributed by atoms with Gasteiger partial charge in [-0.05, 0) is 49.9 Å². The second-order valence-electron chi connectivity index (χ2n) is 8.55. The molecule has 31 heavy (non-hydrogen) atoms. The van der Waals surface area contributed by atoms with Gasteiger partial charge in [0.05, 0.1) is 17.4 Å². The standard InChI is InChI=1S/C22H28ClN3O5/c1-3-21-9-10-22(31-21)16(15(21)18(28)24-2)20(30)26(11-4-12-27)17(22)19(29)25-14-7-5-13(23)6-8-14/h5-8,15-17,27H,3-4,9-12H2,1-2H3,(H,24,28)(H,25,29)/t15-,16-,17?,21+,22?/m0/s1. The molecule has 0 aromatic heterocycles. The van der Waals surface area contributed by atoms with Crippen LogP contribution in [0.3, 0.4) is 0 Å². The number of carbonyl (C=O) groups is 3. The van der Waals surface area contributed by atoms with Crippen LogP contribution in [0.5, 0.6) is 0 Å². The summed E-state index contributed by atoms with van der Waals surface area (Å²) < 4.78 is 6.56. The van der Waals surface area contributed by atoms with E-state index in [0.29, 0.717) is 36.4 Å². The molecule has 168 valence electrons. The Morgan fingerprint density at radius 3 is 2.58 bits per heavy atom.